The number of carbonyl (C=O) groups is 1. The summed E-state index contributed by atoms with van der Waals surface area (Å²) in [6.45, 7) is 12.0. The summed E-state index contributed by atoms with van der Waals surface area (Å²) in [5.74, 6) is 0.584. The first-order chi connectivity index (χ1) is 9.38. The van der Waals surface area contributed by atoms with Crippen LogP contribution in [0.5, 0.6) is 0 Å². The number of carboxylic acid groups (broad SMARTS) is 1. The van der Waals surface area contributed by atoms with Crippen LogP contribution in [-0.2, 0) is 6.54 Å². The average molecular weight is 297 g/mol. The van der Waals surface area contributed by atoms with Crippen LogP contribution in [0.1, 0.15) is 55.1 Å². The summed E-state index contributed by atoms with van der Waals surface area (Å²) in [5.41, 5.74) is 0. The molecular formula is C16H27NO2S. The molecule has 0 radical (unpaired) electrons. The van der Waals surface area contributed by atoms with E-state index in [1.807, 2.05) is 6.07 Å². The fourth-order valence-corrected chi connectivity index (χ4v) is 2.84. The fraction of sp³-hybridized carbons (Fsp3) is 0.688. The zero-order chi connectivity index (χ0) is 15.1. The SMILES string of the molecule is CC(C)CCN(CCC(C)C)Cc1ccc(C(=O)O)s1. The Morgan fingerprint density at radius 2 is 1.70 bits per heavy atom. The first kappa shape index (κ1) is 17.2. The number of carboxylic acids is 1. The summed E-state index contributed by atoms with van der Waals surface area (Å²) < 4.78 is 0. The lowest BCUT2D eigenvalue weighted by Gasteiger charge is -2.23. The summed E-state index contributed by atoms with van der Waals surface area (Å²) in [6, 6.07) is 3.66. The molecule has 0 spiro atoms. The van der Waals surface area contributed by atoms with Gasteiger partial charge >= 0.3 is 5.97 Å². The maximum absolute atomic E-state index is 10.9. The van der Waals surface area contributed by atoms with Crippen LogP contribution in [-0.4, -0.2) is 29.1 Å². The van der Waals surface area contributed by atoms with Gasteiger partial charge in [0.2, 0.25) is 0 Å². The fourth-order valence-electron chi connectivity index (χ4n) is 1.95. The summed E-state index contributed by atoms with van der Waals surface area (Å²) in [4.78, 5) is 15.0. The molecule has 0 aliphatic heterocycles. The molecule has 0 unspecified atom stereocenters. The molecule has 0 bridgehead atoms. The Kier molecular flexibility index (Phi) is 7.24. The highest BCUT2D eigenvalue weighted by Crippen LogP contribution is 2.19. The Morgan fingerprint density at radius 1 is 1.15 bits per heavy atom. The quantitative estimate of drug-likeness (QED) is 0.737. The Morgan fingerprint density at radius 3 is 2.10 bits per heavy atom. The Balaban J connectivity index is 2.58. The van der Waals surface area contributed by atoms with Crippen molar-refractivity contribution in [3.05, 3.63) is 21.9 Å². The molecule has 3 nitrogen and oxygen atoms in total. The molecular weight excluding hydrogens is 270 g/mol. The van der Waals surface area contributed by atoms with Crippen LogP contribution in [0.2, 0.25) is 0 Å². The van der Waals surface area contributed by atoms with Gasteiger partial charge in [0.05, 0.1) is 0 Å². The zero-order valence-electron chi connectivity index (χ0n) is 13.1. The molecule has 0 aromatic carbocycles. The van der Waals surface area contributed by atoms with E-state index in [4.69, 9.17) is 5.11 Å². The predicted molar refractivity (Wildman–Crippen MR) is 85.5 cm³/mol. The van der Waals surface area contributed by atoms with Crippen LogP contribution in [0.25, 0.3) is 0 Å². The molecule has 1 aromatic rings. The van der Waals surface area contributed by atoms with Gasteiger partial charge < -0.3 is 5.11 Å². The molecule has 0 saturated heterocycles. The van der Waals surface area contributed by atoms with Crippen molar-refractivity contribution in [1.82, 2.24) is 4.90 Å². The Hall–Kier alpha value is -0.870. The van der Waals surface area contributed by atoms with Crippen LogP contribution >= 0.6 is 11.3 Å². The third-order valence-corrected chi connectivity index (χ3v) is 4.36. The van der Waals surface area contributed by atoms with Gasteiger partial charge in [-0.05, 0) is 49.9 Å². The van der Waals surface area contributed by atoms with E-state index in [0.29, 0.717) is 16.7 Å². The van der Waals surface area contributed by atoms with Crippen LogP contribution < -0.4 is 0 Å². The summed E-state index contributed by atoms with van der Waals surface area (Å²) in [6.07, 6.45) is 2.38. The molecule has 1 heterocycles. The van der Waals surface area contributed by atoms with E-state index in [0.717, 1.165) is 24.5 Å². The number of thiophene rings is 1. The molecule has 0 fully saturated rings. The van der Waals surface area contributed by atoms with Crippen molar-refractivity contribution in [2.75, 3.05) is 13.1 Å². The molecule has 20 heavy (non-hydrogen) atoms. The number of aromatic carboxylic acids is 1. The molecule has 1 aromatic heterocycles. The van der Waals surface area contributed by atoms with Gasteiger partial charge in [0.1, 0.15) is 4.88 Å². The molecule has 114 valence electrons. The third kappa shape index (κ3) is 6.53. The summed E-state index contributed by atoms with van der Waals surface area (Å²) in [5, 5.41) is 8.98. The monoisotopic (exact) mass is 297 g/mol. The Bertz CT molecular complexity index is 400. The van der Waals surface area contributed by atoms with Gasteiger partial charge in [-0.3, -0.25) is 4.90 Å². The van der Waals surface area contributed by atoms with Gasteiger partial charge in [-0.2, -0.15) is 0 Å². The van der Waals surface area contributed by atoms with Crippen molar-refractivity contribution in [3.63, 3.8) is 0 Å². The highest BCUT2D eigenvalue weighted by atomic mass is 32.1. The summed E-state index contributed by atoms with van der Waals surface area (Å²) >= 11 is 1.40. The van der Waals surface area contributed by atoms with Gasteiger partial charge in [-0.15, -0.1) is 11.3 Å². The Labute approximate surface area is 126 Å². The smallest absolute Gasteiger partial charge is 0.345 e. The molecule has 1 N–H and O–H groups in total. The number of hydrogen-bond donors (Lipinski definition) is 1. The van der Waals surface area contributed by atoms with Crippen molar-refractivity contribution in [2.24, 2.45) is 11.8 Å². The predicted octanol–water partition coefficient (Wildman–Crippen LogP) is 4.34. The van der Waals surface area contributed by atoms with Gasteiger partial charge in [0.25, 0.3) is 0 Å². The minimum atomic E-state index is -0.822. The second kappa shape index (κ2) is 8.42. The number of hydrogen-bond acceptors (Lipinski definition) is 3. The van der Waals surface area contributed by atoms with E-state index in [1.165, 1.54) is 24.2 Å². The summed E-state index contributed by atoms with van der Waals surface area (Å²) in [7, 11) is 0. The van der Waals surface area contributed by atoms with E-state index in [9.17, 15) is 4.79 Å². The first-order valence-corrected chi connectivity index (χ1v) is 8.24. The zero-order valence-corrected chi connectivity index (χ0v) is 13.9. The maximum Gasteiger partial charge on any atom is 0.345 e. The minimum Gasteiger partial charge on any atom is -0.477 e. The highest BCUT2D eigenvalue weighted by molar-refractivity contribution is 7.13. The standard InChI is InChI=1S/C16H27NO2S/c1-12(2)7-9-17(10-8-13(3)4)11-14-5-6-15(20-14)16(18)19/h5-6,12-13H,7-11H2,1-4H3,(H,18,19). The first-order valence-electron chi connectivity index (χ1n) is 7.42. The van der Waals surface area contributed by atoms with E-state index in [-0.39, 0.29) is 0 Å². The van der Waals surface area contributed by atoms with E-state index in [2.05, 4.69) is 32.6 Å². The van der Waals surface area contributed by atoms with Gasteiger partial charge in [-0.25, -0.2) is 4.79 Å². The van der Waals surface area contributed by atoms with E-state index in [1.54, 1.807) is 6.07 Å². The molecule has 0 saturated carbocycles. The molecule has 0 aliphatic rings. The number of rotatable bonds is 9. The van der Waals surface area contributed by atoms with Gasteiger partial charge in [0.15, 0.2) is 0 Å². The van der Waals surface area contributed by atoms with Crippen LogP contribution in [0.3, 0.4) is 0 Å². The van der Waals surface area contributed by atoms with Crippen molar-refractivity contribution >= 4 is 17.3 Å². The lowest BCUT2D eigenvalue weighted by molar-refractivity contribution is 0.0702. The lowest BCUT2D eigenvalue weighted by Crippen LogP contribution is -2.27. The third-order valence-electron chi connectivity index (χ3n) is 3.30. The van der Waals surface area contributed by atoms with E-state index < -0.39 is 5.97 Å². The molecule has 0 aliphatic carbocycles. The molecule has 1 rings (SSSR count). The van der Waals surface area contributed by atoms with Crippen LogP contribution in [0, 0.1) is 11.8 Å². The highest BCUT2D eigenvalue weighted by Gasteiger charge is 2.12. The molecule has 0 amide bonds. The van der Waals surface area contributed by atoms with Gasteiger partial charge in [0, 0.05) is 11.4 Å². The minimum absolute atomic E-state index is 0.438. The van der Waals surface area contributed by atoms with E-state index >= 15 is 0 Å². The second-order valence-corrected chi connectivity index (χ2v) is 7.38. The van der Waals surface area contributed by atoms with Crippen molar-refractivity contribution in [3.8, 4) is 0 Å². The lowest BCUT2D eigenvalue weighted by atomic mass is 10.1. The molecule has 4 heteroatoms. The van der Waals surface area contributed by atoms with Crippen LogP contribution in [0.4, 0.5) is 0 Å². The largest absolute Gasteiger partial charge is 0.477 e. The van der Waals surface area contributed by atoms with Crippen molar-refractivity contribution in [2.45, 2.75) is 47.1 Å². The van der Waals surface area contributed by atoms with Crippen LogP contribution in [0.15, 0.2) is 12.1 Å². The molecule has 0 atom stereocenters. The topological polar surface area (TPSA) is 40.5 Å². The van der Waals surface area contributed by atoms with Crippen molar-refractivity contribution in [1.29, 1.82) is 0 Å². The van der Waals surface area contributed by atoms with Gasteiger partial charge in [-0.1, -0.05) is 27.7 Å². The normalized spacial score (nSPS) is 11.8. The maximum atomic E-state index is 10.9. The number of nitrogens with zero attached hydrogens (tertiary/aromatic N) is 1. The second-order valence-electron chi connectivity index (χ2n) is 6.21. The van der Waals surface area contributed by atoms with Crippen molar-refractivity contribution < 1.29 is 9.90 Å². The average Bonchev–Trinajstić information content (AvgIpc) is 2.81.